The second-order valence-electron chi connectivity index (χ2n) is 6.65. The number of aromatic nitrogens is 2. The van der Waals surface area contributed by atoms with Crippen molar-refractivity contribution < 1.29 is 18.8 Å². The molecule has 1 N–H and O–H groups in total. The summed E-state index contributed by atoms with van der Waals surface area (Å²) < 4.78 is 10.1. The highest BCUT2D eigenvalue weighted by atomic mass is 16.6. The van der Waals surface area contributed by atoms with E-state index < -0.39 is 17.2 Å². The fraction of sp³-hybridized carbons (Fsp3) is 0.714. The Hall–Kier alpha value is -2.12. The van der Waals surface area contributed by atoms with Crippen LogP contribution in [-0.4, -0.2) is 46.2 Å². The largest absolute Gasteiger partial charge is 0.444 e. The first-order valence-electron chi connectivity index (χ1n) is 6.96. The van der Waals surface area contributed by atoms with Crippen LogP contribution in [0.4, 0.5) is 4.79 Å². The highest BCUT2D eigenvalue weighted by molar-refractivity contribution is 5.82. The molecule has 22 heavy (non-hydrogen) atoms. The van der Waals surface area contributed by atoms with Crippen molar-refractivity contribution in [3.8, 4) is 0 Å². The summed E-state index contributed by atoms with van der Waals surface area (Å²) in [6, 6.07) is 0. The maximum absolute atomic E-state index is 12.1. The first kappa shape index (κ1) is 17.9. The van der Waals surface area contributed by atoms with Gasteiger partial charge in [-0.3, -0.25) is 4.79 Å². The van der Waals surface area contributed by atoms with Gasteiger partial charge in [0.15, 0.2) is 5.82 Å². The quantitative estimate of drug-likeness (QED) is 0.906. The predicted molar refractivity (Wildman–Crippen MR) is 79.1 cm³/mol. The van der Waals surface area contributed by atoms with Gasteiger partial charge in [0.05, 0.1) is 5.54 Å². The van der Waals surface area contributed by atoms with E-state index in [4.69, 9.17) is 9.26 Å². The molecule has 124 valence electrons. The lowest BCUT2D eigenvalue weighted by Gasteiger charge is -2.26. The van der Waals surface area contributed by atoms with Crippen LogP contribution in [0.3, 0.4) is 0 Å². The average molecular weight is 312 g/mol. The zero-order chi connectivity index (χ0) is 17.1. The molecular weight excluding hydrogens is 288 g/mol. The number of rotatable bonds is 4. The monoisotopic (exact) mass is 312 g/mol. The second kappa shape index (κ2) is 6.33. The zero-order valence-corrected chi connectivity index (χ0v) is 14.2. The Labute approximate surface area is 130 Å². The number of hydrogen-bond donors (Lipinski definition) is 1. The highest BCUT2D eigenvalue weighted by Gasteiger charge is 2.29. The summed E-state index contributed by atoms with van der Waals surface area (Å²) in [5, 5.41) is 6.56. The van der Waals surface area contributed by atoms with E-state index in [1.165, 1.54) is 11.9 Å². The third-order valence-corrected chi connectivity index (χ3v) is 2.62. The molecule has 0 fully saturated rings. The van der Waals surface area contributed by atoms with Gasteiger partial charge < -0.3 is 19.5 Å². The summed E-state index contributed by atoms with van der Waals surface area (Å²) in [5.74, 6) is 0.447. The van der Waals surface area contributed by atoms with Gasteiger partial charge in [-0.2, -0.15) is 4.98 Å². The molecule has 1 aromatic heterocycles. The molecule has 0 atom stereocenters. The first-order valence-corrected chi connectivity index (χ1v) is 6.96. The van der Waals surface area contributed by atoms with Crippen LogP contribution in [0.15, 0.2) is 4.52 Å². The van der Waals surface area contributed by atoms with E-state index >= 15 is 0 Å². The number of aryl methyl sites for hydroxylation is 1. The molecule has 1 rings (SSSR count). The Bertz CT molecular complexity index is 545. The third-order valence-electron chi connectivity index (χ3n) is 2.62. The molecule has 0 aromatic carbocycles. The Morgan fingerprint density at radius 3 is 2.32 bits per heavy atom. The van der Waals surface area contributed by atoms with Crippen molar-refractivity contribution in [1.29, 1.82) is 0 Å². The van der Waals surface area contributed by atoms with Crippen molar-refractivity contribution in [2.24, 2.45) is 0 Å². The van der Waals surface area contributed by atoms with Crippen LogP contribution in [-0.2, 0) is 15.1 Å². The summed E-state index contributed by atoms with van der Waals surface area (Å²) in [7, 11) is 1.50. The molecule has 8 nitrogen and oxygen atoms in total. The van der Waals surface area contributed by atoms with E-state index in [2.05, 4.69) is 15.5 Å². The molecule has 0 spiro atoms. The molecule has 0 unspecified atom stereocenters. The fourth-order valence-corrected chi connectivity index (χ4v) is 1.62. The Kier molecular flexibility index (Phi) is 5.16. The number of hydrogen-bond acceptors (Lipinski definition) is 6. The van der Waals surface area contributed by atoms with Gasteiger partial charge in [-0.25, -0.2) is 4.79 Å². The van der Waals surface area contributed by atoms with Crippen molar-refractivity contribution in [2.75, 3.05) is 13.6 Å². The average Bonchev–Trinajstić information content (AvgIpc) is 2.73. The van der Waals surface area contributed by atoms with Crippen LogP contribution < -0.4 is 5.32 Å². The van der Waals surface area contributed by atoms with Gasteiger partial charge in [0.2, 0.25) is 11.8 Å². The minimum Gasteiger partial charge on any atom is -0.444 e. The molecular formula is C14H24N4O4. The molecule has 1 aromatic rings. The normalized spacial score (nSPS) is 12.0. The van der Waals surface area contributed by atoms with E-state index in [-0.39, 0.29) is 12.5 Å². The van der Waals surface area contributed by atoms with Crippen molar-refractivity contribution in [3.05, 3.63) is 11.7 Å². The van der Waals surface area contributed by atoms with Crippen LogP contribution in [0.1, 0.15) is 46.3 Å². The number of ether oxygens (including phenoxy) is 1. The summed E-state index contributed by atoms with van der Waals surface area (Å²) >= 11 is 0. The van der Waals surface area contributed by atoms with Crippen molar-refractivity contribution in [1.82, 2.24) is 20.4 Å². The summed E-state index contributed by atoms with van der Waals surface area (Å²) in [5.41, 5.74) is -1.41. The molecule has 0 aliphatic rings. The summed E-state index contributed by atoms with van der Waals surface area (Å²) in [6.07, 6.45) is -0.559. The Balaban J connectivity index is 2.60. The number of nitrogens with one attached hydrogen (secondary N) is 1. The van der Waals surface area contributed by atoms with Crippen LogP contribution in [0.5, 0.6) is 0 Å². The number of nitrogens with zero attached hydrogens (tertiary/aromatic N) is 3. The standard InChI is InChI=1S/C14H24N4O4/c1-9-15-11(17-22-9)14(5,6)16-10(19)8-18(7)12(20)21-13(2,3)4/h8H2,1-7H3,(H,16,19). The van der Waals surface area contributed by atoms with Crippen molar-refractivity contribution in [3.63, 3.8) is 0 Å². The Morgan fingerprint density at radius 2 is 1.86 bits per heavy atom. The molecule has 0 saturated carbocycles. The van der Waals surface area contributed by atoms with E-state index in [1.807, 2.05) is 0 Å². The molecule has 0 radical (unpaired) electrons. The van der Waals surface area contributed by atoms with Crippen LogP contribution in [0.25, 0.3) is 0 Å². The Morgan fingerprint density at radius 1 is 1.27 bits per heavy atom. The molecule has 8 heteroatoms. The smallest absolute Gasteiger partial charge is 0.410 e. The van der Waals surface area contributed by atoms with Gasteiger partial charge in [0.25, 0.3) is 0 Å². The summed E-state index contributed by atoms with van der Waals surface area (Å²) in [6.45, 7) is 10.3. The molecule has 0 saturated heterocycles. The van der Waals surface area contributed by atoms with E-state index in [0.29, 0.717) is 11.7 Å². The summed E-state index contributed by atoms with van der Waals surface area (Å²) in [4.78, 5) is 29.2. The maximum atomic E-state index is 12.1. The predicted octanol–water partition coefficient (Wildman–Crippen LogP) is 1.60. The molecule has 1 heterocycles. The van der Waals surface area contributed by atoms with Gasteiger partial charge in [-0.1, -0.05) is 5.16 Å². The van der Waals surface area contributed by atoms with Gasteiger partial charge in [0.1, 0.15) is 12.1 Å². The lowest BCUT2D eigenvalue weighted by Crippen LogP contribution is -2.47. The first-order chi connectivity index (χ1) is 9.90. The number of carbonyl (C=O) groups excluding carboxylic acids is 2. The lowest BCUT2D eigenvalue weighted by atomic mass is 10.1. The van der Waals surface area contributed by atoms with Gasteiger partial charge >= 0.3 is 6.09 Å². The van der Waals surface area contributed by atoms with E-state index in [1.54, 1.807) is 41.5 Å². The SMILES string of the molecule is Cc1nc(C(C)(C)NC(=O)CN(C)C(=O)OC(C)(C)C)no1. The number of carbonyl (C=O) groups is 2. The lowest BCUT2D eigenvalue weighted by molar-refractivity contribution is -0.123. The van der Waals surface area contributed by atoms with E-state index in [0.717, 1.165) is 0 Å². The topological polar surface area (TPSA) is 97.6 Å². The van der Waals surface area contributed by atoms with Crippen LogP contribution >= 0.6 is 0 Å². The molecule has 0 aliphatic heterocycles. The second-order valence-corrected chi connectivity index (χ2v) is 6.65. The molecule has 2 amide bonds. The number of likely N-dealkylation sites (N-methyl/N-ethyl adjacent to an activating group) is 1. The fourth-order valence-electron chi connectivity index (χ4n) is 1.62. The van der Waals surface area contributed by atoms with Crippen LogP contribution in [0, 0.1) is 6.92 Å². The third kappa shape index (κ3) is 5.34. The van der Waals surface area contributed by atoms with Crippen molar-refractivity contribution >= 4 is 12.0 Å². The zero-order valence-electron chi connectivity index (χ0n) is 14.2. The van der Waals surface area contributed by atoms with Gasteiger partial charge in [0, 0.05) is 14.0 Å². The molecule has 0 aliphatic carbocycles. The highest BCUT2D eigenvalue weighted by Crippen LogP contribution is 2.16. The number of amides is 2. The van der Waals surface area contributed by atoms with Crippen LogP contribution in [0.2, 0.25) is 0 Å². The van der Waals surface area contributed by atoms with E-state index in [9.17, 15) is 9.59 Å². The van der Waals surface area contributed by atoms with Gasteiger partial charge in [-0.15, -0.1) is 0 Å². The maximum Gasteiger partial charge on any atom is 0.410 e. The van der Waals surface area contributed by atoms with Gasteiger partial charge in [-0.05, 0) is 34.6 Å². The molecule has 0 bridgehead atoms. The minimum absolute atomic E-state index is 0.130. The minimum atomic E-state index is -0.802. The van der Waals surface area contributed by atoms with Crippen molar-refractivity contribution in [2.45, 2.75) is 52.7 Å².